The van der Waals surface area contributed by atoms with Crippen LogP contribution in [0, 0.1) is 13.0 Å². The van der Waals surface area contributed by atoms with Crippen LogP contribution in [0.4, 0.5) is 0 Å². The molecule has 0 aliphatic heterocycles. The molecule has 0 amide bonds. The third-order valence-corrected chi connectivity index (χ3v) is 3.55. The zero-order chi connectivity index (χ0) is 18.3. The molecule has 0 N–H and O–H groups in total. The van der Waals surface area contributed by atoms with Crippen molar-refractivity contribution in [2.24, 2.45) is 0 Å². The van der Waals surface area contributed by atoms with Crippen molar-refractivity contribution in [2.75, 3.05) is 0 Å². The Bertz CT molecular complexity index is 735. The molecule has 4 aromatic rings. The molecule has 0 bridgehead atoms. The van der Waals surface area contributed by atoms with Crippen LogP contribution in [0.25, 0.3) is 5.57 Å². The molecule has 0 nitrogen and oxygen atoms in total. The molecule has 0 heterocycles. The Morgan fingerprint density at radius 3 is 1.48 bits per heavy atom. The molecule has 0 saturated heterocycles. The van der Waals surface area contributed by atoms with Gasteiger partial charge in [-0.3, -0.25) is 0 Å². The van der Waals surface area contributed by atoms with Crippen LogP contribution in [0.3, 0.4) is 0 Å². The first kappa shape index (κ1) is 22.8. The Labute approximate surface area is 182 Å². The van der Waals surface area contributed by atoms with Crippen molar-refractivity contribution in [3.63, 3.8) is 0 Å². The van der Waals surface area contributed by atoms with E-state index in [1.165, 1.54) is 5.56 Å². The molecule has 0 aliphatic carbocycles. The fraction of sp³-hybridized carbons (Fsp3) is 0.0385. The van der Waals surface area contributed by atoms with Crippen molar-refractivity contribution in [1.82, 2.24) is 0 Å². The van der Waals surface area contributed by atoms with Crippen molar-refractivity contribution in [1.29, 1.82) is 0 Å². The maximum Gasteiger partial charge on any atom is 4.00 e. The molecule has 0 saturated carbocycles. The van der Waals surface area contributed by atoms with E-state index in [4.69, 9.17) is 0 Å². The standard InChI is InChI=1S/C16H14.2C5H5.Hf/c1-2-15(16-11-7-4-8-12-16)13-14-9-5-3-6-10-14;2*1-2-4-5-3-1;/h3-12H,1-2H2;2*1-5H;/q-2;2*-1;+4. The Hall–Kier alpha value is -2.25. The summed E-state index contributed by atoms with van der Waals surface area (Å²) in [6.45, 7) is 3.96. The number of hydrogen-bond donors (Lipinski definition) is 0. The van der Waals surface area contributed by atoms with Crippen molar-refractivity contribution in [2.45, 2.75) is 6.42 Å². The number of allylic oxidation sites excluding steroid dienone is 1. The van der Waals surface area contributed by atoms with Gasteiger partial charge in [-0.05, 0) is 0 Å². The Morgan fingerprint density at radius 2 is 1.11 bits per heavy atom. The van der Waals surface area contributed by atoms with Crippen LogP contribution in [0.2, 0.25) is 0 Å². The summed E-state index contributed by atoms with van der Waals surface area (Å²) >= 11 is 0. The molecule has 4 rings (SSSR count). The molecule has 1 heteroatoms. The first-order valence-electron chi connectivity index (χ1n) is 8.76. The number of hydrogen-bond acceptors (Lipinski definition) is 0. The first-order chi connectivity index (χ1) is 12.9. The number of rotatable bonds is 3. The van der Waals surface area contributed by atoms with Gasteiger partial charge in [0, 0.05) is 0 Å². The van der Waals surface area contributed by atoms with Gasteiger partial charge in [-0.15, -0.1) is 35.9 Å². The minimum Gasteiger partial charge on any atom is -0.341 e. The summed E-state index contributed by atoms with van der Waals surface area (Å²) in [6, 6.07) is 40.5. The summed E-state index contributed by atoms with van der Waals surface area (Å²) in [5, 5.41) is 0. The third kappa shape index (κ3) is 9.86. The van der Waals surface area contributed by atoms with Gasteiger partial charge in [0.15, 0.2) is 0 Å². The van der Waals surface area contributed by atoms with Crippen molar-refractivity contribution < 1.29 is 25.8 Å². The van der Waals surface area contributed by atoms with E-state index in [1.54, 1.807) is 0 Å². The zero-order valence-corrected chi connectivity index (χ0v) is 19.1. The van der Waals surface area contributed by atoms with Crippen LogP contribution in [0.5, 0.6) is 0 Å². The molecule has 0 aliphatic rings. The van der Waals surface area contributed by atoms with Gasteiger partial charge in [0.2, 0.25) is 0 Å². The van der Waals surface area contributed by atoms with Gasteiger partial charge in [0.05, 0.1) is 0 Å². The molecule has 0 atom stereocenters. The van der Waals surface area contributed by atoms with E-state index in [9.17, 15) is 0 Å². The number of benzene rings is 2. The first-order valence-corrected chi connectivity index (χ1v) is 8.76. The Balaban J connectivity index is 0.000000270. The predicted octanol–water partition coefficient (Wildman–Crippen LogP) is 6.95. The Morgan fingerprint density at radius 1 is 0.667 bits per heavy atom. The second-order valence-corrected chi connectivity index (χ2v) is 5.51. The fourth-order valence-corrected chi connectivity index (χ4v) is 2.26. The molecule has 27 heavy (non-hydrogen) atoms. The van der Waals surface area contributed by atoms with Gasteiger partial charge in [-0.2, -0.15) is 48.4 Å². The second kappa shape index (κ2) is 14.9. The van der Waals surface area contributed by atoms with E-state index in [-0.39, 0.29) is 25.8 Å². The minimum absolute atomic E-state index is 0. The van der Waals surface area contributed by atoms with Gasteiger partial charge in [0.1, 0.15) is 0 Å². The van der Waals surface area contributed by atoms with Gasteiger partial charge >= 0.3 is 25.8 Å². The summed E-state index contributed by atoms with van der Waals surface area (Å²) in [4.78, 5) is 0. The maximum absolute atomic E-state index is 3.96. The van der Waals surface area contributed by atoms with Gasteiger partial charge < -0.3 is 6.92 Å². The van der Waals surface area contributed by atoms with Crippen LogP contribution in [0.1, 0.15) is 17.5 Å². The van der Waals surface area contributed by atoms with Crippen LogP contribution in [-0.2, 0) is 25.8 Å². The van der Waals surface area contributed by atoms with Crippen molar-refractivity contribution >= 4 is 5.57 Å². The van der Waals surface area contributed by atoms with Crippen molar-refractivity contribution in [3.8, 4) is 0 Å². The molecule has 0 aromatic heterocycles. The molecule has 132 valence electrons. The molecule has 0 unspecified atom stereocenters. The van der Waals surface area contributed by atoms with Crippen molar-refractivity contribution in [3.05, 3.63) is 145 Å². The monoisotopic (exact) mass is 516 g/mol. The summed E-state index contributed by atoms with van der Waals surface area (Å²) < 4.78 is 0. The SMILES string of the molecule is [CH2-]CC(=[C-]c1ccccc1)c1ccccc1.[Hf+4].c1cc[cH-]c1.c1cc[cH-]c1. The van der Waals surface area contributed by atoms with E-state index in [1.807, 2.05) is 97.1 Å². The summed E-state index contributed by atoms with van der Waals surface area (Å²) in [6.07, 6.45) is 4.15. The molecule has 0 spiro atoms. The van der Waals surface area contributed by atoms with Gasteiger partial charge in [-0.1, -0.05) is 42.0 Å². The van der Waals surface area contributed by atoms with E-state index in [2.05, 4.69) is 37.3 Å². The Kier molecular flexibility index (Phi) is 12.6. The van der Waals surface area contributed by atoms with Gasteiger partial charge in [0.25, 0.3) is 0 Å². The van der Waals surface area contributed by atoms with Gasteiger partial charge in [-0.25, -0.2) is 24.3 Å². The zero-order valence-electron chi connectivity index (χ0n) is 15.5. The van der Waals surface area contributed by atoms with E-state index < -0.39 is 0 Å². The average Bonchev–Trinajstić information content (AvgIpc) is 3.46. The largest absolute Gasteiger partial charge is 4.00 e. The van der Waals surface area contributed by atoms with Crippen LogP contribution in [0.15, 0.2) is 121 Å². The molecule has 4 aromatic carbocycles. The van der Waals surface area contributed by atoms with Crippen LogP contribution in [-0.4, -0.2) is 0 Å². The smallest absolute Gasteiger partial charge is 0.341 e. The average molecular weight is 515 g/mol. The van der Waals surface area contributed by atoms with Crippen LogP contribution < -0.4 is 0 Å². The quantitative estimate of drug-likeness (QED) is 0.158. The maximum atomic E-state index is 3.96. The van der Waals surface area contributed by atoms with Crippen LogP contribution >= 0.6 is 0 Å². The topological polar surface area (TPSA) is 0 Å². The van der Waals surface area contributed by atoms with E-state index in [0.29, 0.717) is 0 Å². The summed E-state index contributed by atoms with van der Waals surface area (Å²) in [5.74, 6) is 0. The molecule has 0 fully saturated rings. The summed E-state index contributed by atoms with van der Waals surface area (Å²) in [5.41, 5.74) is 3.44. The molecule has 0 radical (unpaired) electrons. The predicted molar refractivity (Wildman–Crippen MR) is 113 cm³/mol. The normalized spacial score (nSPS) is 9.74. The third-order valence-electron chi connectivity index (χ3n) is 3.55. The fourth-order valence-electron chi connectivity index (χ4n) is 2.26. The second-order valence-electron chi connectivity index (χ2n) is 5.51. The van der Waals surface area contributed by atoms with E-state index in [0.717, 1.165) is 17.6 Å². The molecular formula is C26H24Hf. The minimum atomic E-state index is 0. The van der Waals surface area contributed by atoms with E-state index >= 15 is 0 Å². The molecular weight excluding hydrogens is 491 g/mol. The summed E-state index contributed by atoms with van der Waals surface area (Å²) in [7, 11) is 0.